The maximum absolute atomic E-state index is 4.44. The van der Waals surface area contributed by atoms with Gasteiger partial charge in [-0.25, -0.2) is 4.98 Å². The van der Waals surface area contributed by atoms with Crippen molar-refractivity contribution in [1.82, 2.24) is 4.98 Å². The fraction of sp³-hybridized carbons (Fsp3) is 0.583. The first kappa shape index (κ1) is 14.4. The number of rotatable bonds is 4. The van der Waals surface area contributed by atoms with Crippen molar-refractivity contribution < 1.29 is 0 Å². The monoisotopic (exact) mass is 319 g/mol. The van der Waals surface area contributed by atoms with E-state index in [-0.39, 0.29) is 0 Å². The predicted octanol–water partition coefficient (Wildman–Crippen LogP) is 4.53. The molecule has 4 heteroatoms. The van der Waals surface area contributed by atoms with E-state index in [4.69, 9.17) is 0 Å². The van der Waals surface area contributed by atoms with Crippen molar-refractivity contribution in [2.45, 2.75) is 25.8 Å². The van der Waals surface area contributed by atoms with Crippen molar-refractivity contribution in [3.05, 3.63) is 22.8 Å². The van der Waals surface area contributed by atoms with Gasteiger partial charge in [0.1, 0.15) is 5.03 Å². The molecule has 0 aliphatic carbocycles. The minimum atomic E-state index is 0.302. The quantitative estimate of drug-likeness (QED) is 0.647. The summed E-state index contributed by atoms with van der Waals surface area (Å²) in [5, 5.41) is 1.07. The molecule has 1 aromatic heterocycles. The second kappa shape index (κ2) is 6.31. The molecule has 1 aromatic rings. The van der Waals surface area contributed by atoms with Gasteiger partial charge in [0.2, 0.25) is 0 Å². The maximum atomic E-state index is 4.44. The van der Waals surface area contributed by atoms with Gasteiger partial charge < -0.3 is 0 Å². The van der Waals surface area contributed by atoms with E-state index < -0.39 is 0 Å². The van der Waals surface area contributed by atoms with Crippen LogP contribution in [0.4, 0.5) is 0 Å². The summed E-state index contributed by atoms with van der Waals surface area (Å²) in [4.78, 5) is 4.36. The van der Waals surface area contributed by atoms with Crippen LogP contribution in [0.3, 0.4) is 0 Å². The van der Waals surface area contributed by atoms with Gasteiger partial charge in [-0.15, -0.1) is 11.8 Å². The molecular weight excluding hydrogens is 302 g/mol. The second-order valence-electron chi connectivity index (χ2n) is 4.85. The molecule has 90 valence electrons. The van der Waals surface area contributed by atoms with Crippen molar-refractivity contribution >= 4 is 40.3 Å². The van der Waals surface area contributed by atoms with Gasteiger partial charge in [0, 0.05) is 16.4 Å². The fourth-order valence-corrected chi connectivity index (χ4v) is 4.00. The summed E-state index contributed by atoms with van der Waals surface area (Å²) >= 11 is 9.75. The normalized spacial score (nSPS) is 13.8. The van der Waals surface area contributed by atoms with Crippen molar-refractivity contribution in [3.8, 4) is 0 Å². The first-order valence-electron chi connectivity index (χ1n) is 5.29. The Kier molecular flexibility index (Phi) is 5.68. The molecule has 0 amide bonds. The zero-order valence-corrected chi connectivity index (χ0v) is 13.2. The summed E-state index contributed by atoms with van der Waals surface area (Å²) in [5.41, 5.74) is 0.302. The van der Waals surface area contributed by atoms with E-state index in [9.17, 15) is 0 Å². The lowest BCUT2D eigenvalue weighted by molar-refractivity contribution is 0.294. The molecule has 0 spiro atoms. The molecule has 0 saturated carbocycles. The van der Waals surface area contributed by atoms with E-state index >= 15 is 0 Å². The van der Waals surface area contributed by atoms with Gasteiger partial charge in [0.15, 0.2) is 0 Å². The molecule has 1 nitrogen and oxygen atoms in total. The molecule has 0 fully saturated rings. The predicted molar refractivity (Wildman–Crippen MR) is 79.5 cm³/mol. The SMILES string of the molecule is CC(C)(C)C(CS)CSc1ncccc1Br. The van der Waals surface area contributed by atoms with Gasteiger partial charge in [-0.2, -0.15) is 12.6 Å². The Balaban J connectivity index is 2.60. The third kappa shape index (κ3) is 4.30. The lowest BCUT2D eigenvalue weighted by Gasteiger charge is -2.29. The summed E-state index contributed by atoms with van der Waals surface area (Å²) in [5.74, 6) is 2.57. The summed E-state index contributed by atoms with van der Waals surface area (Å²) in [7, 11) is 0. The molecule has 0 saturated heterocycles. The van der Waals surface area contributed by atoms with Gasteiger partial charge in [-0.1, -0.05) is 20.8 Å². The summed E-state index contributed by atoms with van der Waals surface area (Å²) in [6, 6.07) is 3.97. The molecule has 0 aromatic carbocycles. The highest BCUT2D eigenvalue weighted by Gasteiger charge is 2.23. The third-order valence-corrected chi connectivity index (χ3v) is 5.10. The molecule has 0 aliphatic rings. The Morgan fingerprint density at radius 2 is 2.19 bits per heavy atom. The van der Waals surface area contributed by atoms with Crippen LogP contribution in [-0.2, 0) is 0 Å². The van der Waals surface area contributed by atoms with Crippen LogP contribution in [0.25, 0.3) is 0 Å². The van der Waals surface area contributed by atoms with Gasteiger partial charge >= 0.3 is 0 Å². The van der Waals surface area contributed by atoms with Gasteiger partial charge in [0.25, 0.3) is 0 Å². The number of pyridine rings is 1. The van der Waals surface area contributed by atoms with Crippen LogP contribution in [0, 0.1) is 11.3 Å². The van der Waals surface area contributed by atoms with E-state index in [1.165, 1.54) is 0 Å². The zero-order chi connectivity index (χ0) is 12.2. The van der Waals surface area contributed by atoms with E-state index in [1.807, 2.05) is 18.3 Å². The zero-order valence-electron chi connectivity index (χ0n) is 9.90. The molecule has 1 unspecified atom stereocenters. The number of hydrogen-bond acceptors (Lipinski definition) is 3. The van der Waals surface area contributed by atoms with Gasteiger partial charge in [-0.05, 0) is 45.1 Å². The third-order valence-electron chi connectivity index (χ3n) is 2.59. The molecule has 0 aliphatic heterocycles. The molecular formula is C12H18BrNS2. The van der Waals surface area contributed by atoms with Crippen LogP contribution in [0.5, 0.6) is 0 Å². The summed E-state index contributed by atoms with van der Waals surface area (Å²) in [6.45, 7) is 6.80. The second-order valence-corrected chi connectivity index (χ2v) is 7.08. The fourth-order valence-electron chi connectivity index (χ4n) is 1.23. The summed E-state index contributed by atoms with van der Waals surface area (Å²) in [6.07, 6.45) is 1.83. The van der Waals surface area contributed by atoms with Crippen molar-refractivity contribution in [2.75, 3.05) is 11.5 Å². The minimum absolute atomic E-state index is 0.302. The summed E-state index contributed by atoms with van der Waals surface area (Å²) < 4.78 is 1.08. The molecule has 1 atom stereocenters. The van der Waals surface area contributed by atoms with E-state index in [0.29, 0.717) is 11.3 Å². The Bertz CT molecular complexity index is 336. The Morgan fingerprint density at radius 1 is 1.50 bits per heavy atom. The highest BCUT2D eigenvalue weighted by Crippen LogP contribution is 2.33. The van der Waals surface area contributed by atoms with Gasteiger partial charge in [-0.3, -0.25) is 0 Å². The number of nitrogens with zero attached hydrogens (tertiary/aromatic N) is 1. The van der Waals surface area contributed by atoms with Gasteiger partial charge in [0.05, 0.1) is 0 Å². The van der Waals surface area contributed by atoms with Crippen LogP contribution in [0.15, 0.2) is 27.8 Å². The van der Waals surface area contributed by atoms with Crippen LogP contribution in [0.2, 0.25) is 0 Å². The van der Waals surface area contributed by atoms with Crippen LogP contribution in [-0.4, -0.2) is 16.5 Å². The molecule has 0 N–H and O–H groups in total. The van der Waals surface area contributed by atoms with Crippen molar-refractivity contribution in [2.24, 2.45) is 11.3 Å². The molecule has 1 rings (SSSR count). The highest BCUT2D eigenvalue weighted by molar-refractivity contribution is 9.10. The van der Waals surface area contributed by atoms with Crippen molar-refractivity contribution in [3.63, 3.8) is 0 Å². The number of hydrogen-bond donors (Lipinski definition) is 1. The number of aromatic nitrogens is 1. The minimum Gasteiger partial charge on any atom is -0.249 e. The van der Waals surface area contributed by atoms with Crippen molar-refractivity contribution in [1.29, 1.82) is 0 Å². The number of thioether (sulfide) groups is 1. The Labute approximate surface area is 116 Å². The first-order valence-corrected chi connectivity index (χ1v) is 7.70. The smallest absolute Gasteiger partial charge is 0.110 e. The lowest BCUT2D eigenvalue weighted by Crippen LogP contribution is -2.24. The van der Waals surface area contributed by atoms with E-state index in [0.717, 1.165) is 21.0 Å². The Morgan fingerprint density at radius 3 is 2.69 bits per heavy atom. The van der Waals surface area contributed by atoms with Crippen LogP contribution < -0.4 is 0 Å². The molecule has 1 heterocycles. The standard InChI is InChI=1S/C12H18BrNS2/c1-12(2,3)9(7-15)8-16-11-10(13)5-4-6-14-11/h4-6,9,15H,7-8H2,1-3H3. The van der Waals surface area contributed by atoms with E-state index in [2.05, 4.69) is 54.3 Å². The van der Waals surface area contributed by atoms with Crippen LogP contribution >= 0.6 is 40.3 Å². The molecule has 16 heavy (non-hydrogen) atoms. The highest BCUT2D eigenvalue weighted by atomic mass is 79.9. The van der Waals surface area contributed by atoms with E-state index in [1.54, 1.807) is 11.8 Å². The van der Waals surface area contributed by atoms with Crippen LogP contribution in [0.1, 0.15) is 20.8 Å². The first-order chi connectivity index (χ1) is 7.45. The number of halogens is 1. The average molecular weight is 320 g/mol. The maximum Gasteiger partial charge on any atom is 0.110 e. The molecule has 0 radical (unpaired) electrons. The Hall–Kier alpha value is 0.330. The average Bonchev–Trinajstić information content (AvgIpc) is 2.19. The number of thiol groups is 1. The molecule has 0 bridgehead atoms. The lowest BCUT2D eigenvalue weighted by atomic mass is 9.83. The largest absolute Gasteiger partial charge is 0.249 e. The topological polar surface area (TPSA) is 12.9 Å².